The molecular weight excluding hydrogens is 263 g/mol. The fourth-order valence-electron chi connectivity index (χ4n) is 1.75. The number of nitrogens with zero attached hydrogens (tertiary/aromatic N) is 1. The Morgan fingerprint density at radius 2 is 2.06 bits per heavy atom. The molecule has 0 unspecified atom stereocenters. The lowest BCUT2D eigenvalue weighted by molar-refractivity contribution is -0.0328. The van der Waals surface area contributed by atoms with Crippen LogP contribution < -0.4 is 0 Å². The van der Waals surface area contributed by atoms with Crippen LogP contribution in [0.1, 0.15) is 10.4 Å². The van der Waals surface area contributed by atoms with Gasteiger partial charge in [0.25, 0.3) is 0 Å². The smallest absolute Gasteiger partial charge is 0.347 e. The van der Waals surface area contributed by atoms with Gasteiger partial charge in [-0.25, -0.2) is 0 Å². The SMILES string of the molecule is O=Cc1ccc2c(ccn2CCSC(F)(F)F)c1. The first-order valence-electron chi connectivity index (χ1n) is 5.24. The van der Waals surface area contributed by atoms with E-state index in [1.165, 1.54) is 0 Å². The summed E-state index contributed by atoms with van der Waals surface area (Å²) in [5.74, 6) is -0.0251. The summed E-state index contributed by atoms with van der Waals surface area (Å²) in [4.78, 5) is 10.6. The fourth-order valence-corrected chi connectivity index (χ4v) is 2.27. The average Bonchev–Trinajstić information content (AvgIpc) is 2.70. The number of hydrogen-bond donors (Lipinski definition) is 0. The summed E-state index contributed by atoms with van der Waals surface area (Å²) in [7, 11) is 0. The molecule has 18 heavy (non-hydrogen) atoms. The molecule has 0 aliphatic carbocycles. The highest BCUT2D eigenvalue weighted by Crippen LogP contribution is 2.30. The number of alkyl halides is 3. The third-order valence-electron chi connectivity index (χ3n) is 2.53. The summed E-state index contributed by atoms with van der Waals surface area (Å²) in [6.45, 7) is 0.286. The molecule has 6 heteroatoms. The third-order valence-corrected chi connectivity index (χ3v) is 3.24. The number of rotatable bonds is 4. The van der Waals surface area contributed by atoms with Gasteiger partial charge in [0.05, 0.1) is 0 Å². The molecule has 0 fully saturated rings. The normalized spacial score (nSPS) is 11.9. The van der Waals surface area contributed by atoms with Gasteiger partial charge in [-0.3, -0.25) is 4.79 Å². The molecule has 1 heterocycles. The van der Waals surface area contributed by atoms with Crippen LogP contribution in [0.15, 0.2) is 30.5 Å². The van der Waals surface area contributed by atoms with Crippen molar-refractivity contribution < 1.29 is 18.0 Å². The van der Waals surface area contributed by atoms with Gasteiger partial charge in [0.1, 0.15) is 6.29 Å². The average molecular weight is 273 g/mol. The molecule has 2 nitrogen and oxygen atoms in total. The van der Waals surface area contributed by atoms with Gasteiger partial charge in [-0.2, -0.15) is 13.2 Å². The van der Waals surface area contributed by atoms with Gasteiger partial charge in [-0.1, -0.05) is 0 Å². The molecule has 1 aromatic heterocycles. The molecule has 0 saturated heterocycles. The Labute approximate surface area is 106 Å². The van der Waals surface area contributed by atoms with E-state index < -0.39 is 5.51 Å². The Bertz CT molecular complexity index is 562. The summed E-state index contributed by atoms with van der Waals surface area (Å²) in [6, 6.07) is 6.91. The number of aryl methyl sites for hydroxylation is 1. The van der Waals surface area contributed by atoms with E-state index in [2.05, 4.69) is 0 Å². The topological polar surface area (TPSA) is 22.0 Å². The van der Waals surface area contributed by atoms with Crippen LogP contribution in [-0.2, 0) is 6.54 Å². The number of halogens is 3. The monoisotopic (exact) mass is 273 g/mol. The van der Waals surface area contributed by atoms with Gasteiger partial charge in [0.15, 0.2) is 0 Å². The second kappa shape index (κ2) is 5.06. The van der Waals surface area contributed by atoms with Gasteiger partial charge in [0.2, 0.25) is 0 Å². The van der Waals surface area contributed by atoms with Gasteiger partial charge in [-0.15, -0.1) is 0 Å². The number of carbonyl (C=O) groups is 1. The number of aldehydes is 1. The van der Waals surface area contributed by atoms with Crippen molar-refractivity contribution in [1.29, 1.82) is 0 Å². The van der Waals surface area contributed by atoms with Crippen LogP contribution in [0.4, 0.5) is 13.2 Å². The van der Waals surface area contributed by atoms with Gasteiger partial charge < -0.3 is 4.57 Å². The molecule has 0 bridgehead atoms. The van der Waals surface area contributed by atoms with Crippen molar-refractivity contribution in [2.24, 2.45) is 0 Å². The number of aromatic nitrogens is 1. The molecule has 0 spiro atoms. The fraction of sp³-hybridized carbons (Fsp3) is 0.250. The van der Waals surface area contributed by atoms with Crippen molar-refractivity contribution in [3.05, 3.63) is 36.0 Å². The lowest BCUT2D eigenvalue weighted by Crippen LogP contribution is -2.06. The molecule has 2 rings (SSSR count). The minimum absolute atomic E-state index is 0.0251. The zero-order chi connectivity index (χ0) is 13.2. The molecule has 96 valence electrons. The highest BCUT2D eigenvalue weighted by molar-refractivity contribution is 8.00. The zero-order valence-corrected chi connectivity index (χ0v) is 10.1. The van der Waals surface area contributed by atoms with Crippen LogP contribution in [0.5, 0.6) is 0 Å². The first-order chi connectivity index (χ1) is 8.49. The molecule has 0 aliphatic heterocycles. The van der Waals surface area contributed by atoms with Crippen LogP contribution in [0.3, 0.4) is 0 Å². The summed E-state index contributed by atoms with van der Waals surface area (Å²) < 4.78 is 37.8. The largest absolute Gasteiger partial charge is 0.441 e. The van der Waals surface area contributed by atoms with E-state index in [1.54, 1.807) is 35.0 Å². The predicted molar refractivity (Wildman–Crippen MR) is 65.8 cm³/mol. The zero-order valence-electron chi connectivity index (χ0n) is 9.28. The van der Waals surface area contributed by atoms with Crippen molar-refractivity contribution in [1.82, 2.24) is 4.57 Å². The van der Waals surface area contributed by atoms with E-state index in [0.717, 1.165) is 17.2 Å². The van der Waals surface area contributed by atoms with Crippen molar-refractivity contribution in [3.8, 4) is 0 Å². The molecule has 0 saturated carbocycles. The van der Waals surface area contributed by atoms with Crippen molar-refractivity contribution in [2.45, 2.75) is 12.1 Å². The van der Waals surface area contributed by atoms with Gasteiger partial charge in [0, 0.05) is 35.0 Å². The molecule has 2 aromatic rings. The molecule has 0 radical (unpaired) electrons. The van der Waals surface area contributed by atoms with Crippen LogP contribution in [-0.4, -0.2) is 22.1 Å². The van der Waals surface area contributed by atoms with Gasteiger partial charge >= 0.3 is 5.51 Å². The Hall–Kier alpha value is -1.43. The maximum Gasteiger partial charge on any atom is 0.441 e. The number of thioether (sulfide) groups is 1. The van der Waals surface area contributed by atoms with E-state index >= 15 is 0 Å². The van der Waals surface area contributed by atoms with Gasteiger partial charge in [-0.05, 0) is 36.0 Å². The van der Waals surface area contributed by atoms with Crippen LogP contribution in [0.2, 0.25) is 0 Å². The second-order valence-corrected chi connectivity index (χ2v) is 4.90. The molecule has 0 atom stereocenters. The number of benzene rings is 1. The Kier molecular flexibility index (Phi) is 3.65. The molecule has 0 N–H and O–H groups in total. The Balaban J connectivity index is 2.12. The summed E-state index contributed by atoms with van der Waals surface area (Å²) >= 11 is -0.0290. The van der Waals surface area contributed by atoms with Crippen LogP contribution in [0.25, 0.3) is 10.9 Å². The number of carbonyl (C=O) groups excluding carboxylic acids is 1. The first-order valence-corrected chi connectivity index (χ1v) is 6.23. The summed E-state index contributed by atoms with van der Waals surface area (Å²) in [5, 5.41) is 0.858. The van der Waals surface area contributed by atoms with E-state index in [4.69, 9.17) is 0 Å². The van der Waals surface area contributed by atoms with E-state index in [0.29, 0.717) is 5.56 Å². The lowest BCUT2D eigenvalue weighted by atomic mass is 10.2. The first kappa shape index (κ1) is 13.0. The summed E-state index contributed by atoms with van der Waals surface area (Å²) in [6.07, 6.45) is 2.48. The lowest BCUT2D eigenvalue weighted by Gasteiger charge is -2.07. The molecule has 0 aliphatic rings. The second-order valence-electron chi connectivity index (χ2n) is 3.74. The van der Waals surface area contributed by atoms with E-state index in [-0.39, 0.29) is 24.1 Å². The molecule has 1 aromatic carbocycles. The van der Waals surface area contributed by atoms with Crippen LogP contribution in [0, 0.1) is 0 Å². The van der Waals surface area contributed by atoms with Crippen LogP contribution >= 0.6 is 11.8 Å². The molecule has 0 amide bonds. The minimum atomic E-state index is -4.19. The molecular formula is C12H10F3NOS. The maximum absolute atomic E-state index is 12.0. The quantitative estimate of drug-likeness (QED) is 0.792. The summed E-state index contributed by atoms with van der Waals surface area (Å²) in [5.41, 5.74) is -2.79. The van der Waals surface area contributed by atoms with E-state index in [9.17, 15) is 18.0 Å². The van der Waals surface area contributed by atoms with E-state index in [1.807, 2.05) is 0 Å². The highest BCUT2D eigenvalue weighted by atomic mass is 32.2. The third kappa shape index (κ3) is 3.07. The minimum Gasteiger partial charge on any atom is -0.347 e. The number of fused-ring (bicyclic) bond motifs is 1. The predicted octanol–water partition coefficient (Wildman–Crippen LogP) is 3.71. The highest BCUT2D eigenvalue weighted by Gasteiger charge is 2.27. The van der Waals surface area contributed by atoms with Crippen molar-refractivity contribution in [3.63, 3.8) is 0 Å². The van der Waals surface area contributed by atoms with Crippen molar-refractivity contribution in [2.75, 3.05) is 5.75 Å². The number of hydrogen-bond acceptors (Lipinski definition) is 2. The Morgan fingerprint density at radius 1 is 1.28 bits per heavy atom. The van der Waals surface area contributed by atoms with Crippen molar-refractivity contribution >= 4 is 29.0 Å². The maximum atomic E-state index is 12.0. The standard InChI is InChI=1S/C12H10F3NOS/c13-12(14,15)18-6-5-16-4-3-10-7-9(8-17)1-2-11(10)16/h1-4,7-8H,5-6H2. The Morgan fingerprint density at radius 3 is 2.72 bits per heavy atom.